The van der Waals surface area contributed by atoms with Gasteiger partial charge in [-0.3, -0.25) is 4.90 Å². The summed E-state index contributed by atoms with van der Waals surface area (Å²) in [5.41, 5.74) is 7.29. The number of hydrogen-bond donors (Lipinski definition) is 1. The van der Waals surface area contributed by atoms with E-state index in [2.05, 4.69) is 31.0 Å². The zero-order valence-corrected chi connectivity index (χ0v) is 12.0. The van der Waals surface area contributed by atoms with Crippen molar-refractivity contribution >= 4 is 11.6 Å². The van der Waals surface area contributed by atoms with E-state index >= 15 is 0 Å². The number of nitrogens with two attached hydrogens (primary N) is 1. The number of benzene rings is 1. The predicted octanol–water partition coefficient (Wildman–Crippen LogP) is 3.46. The zero-order chi connectivity index (χ0) is 13.1. The van der Waals surface area contributed by atoms with Crippen LogP contribution in [0.2, 0.25) is 5.02 Å². The van der Waals surface area contributed by atoms with Gasteiger partial charge in [0.1, 0.15) is 0 Å². The van der Waals surface area contributed by atoms with E-state index < -0.39 is 0 Å². The van der Waals surface area contributed by atoms with Crippen LogP contribution in [-0.4, -0.2) is 24.5 Å². The van der Waals surface area contributed by atoms with Crippen molar-refractivity contribution in [2.75, 3.05) is 13.6 Å². The van der Waals surface area contributed by atoms with Crippen molar-refractivity contribution in [2.45, 2.75) is 38.3 Å². The van der Waals surface area contributed by atoms with E-state index in [0.29, 0.717) is 12.1 Å². The van der Waals surface area contributed by atoms with Crippen LogP contribution in [0, 0.1) is 5.92 Å². The third-order valence-corrected chi connectivity index (χ3v) is 4.39. The fourth-order valence-electron chi connectivity index (χ4n) is 2.84. The summed E-state index contributed by atoms with van der Waals surface area (Å²) in [6.07, 6.45) is 3.64. The summed E-state index contributed by atoms with van der Waals surface area (Å²) in [4.78, 5) is 2.42. The lowest BCUT2D eigenvalue weighted by Gasteiger charge is -2.27. The maximum absolute atomic E-state index is 5.97. The highest BCUT2D eigenvalue weighted by molar-refractivity contribution is 6.30. The standard InChI is InChI=1S/C15H23ClN2/c1-11(13-4-6-14(16)7-5-13)18(2)10-12-3-8-15(17)9-12/h4-7,11-12,15H,3,8-10,17H2,1-2H3. The molecule has 0 aromatic heterocycles. The molecular weight excluding hydrogens is 244 g/mol. The first-order chi connectivity index (χ1) is 8.56. The summed E-state index contributed by atoms with van der Waals surface area (Å²) in [6, 6.07) is 9.01. The highest BCUT2D eigenvalue weighted by Crippen LogP contribution is 2.28. The second-order valence-corrected chi connectivity index (χ2v) is 6.04. The summed E-state index contributed by atoms with van der Waals surface area (Å²) in [7, 11) is 2.20. The first-order valence-electron chi connectivity index (χ1n) is 6.77. The molecule has 0 heterocycles. The summed E-state index contributed by atoms with van der Waals surface area (Å²) >= 11 is 5.92. The molecule has 2 N–H and O–H groups in total. The highest BCUT2D eigenvalue weighted by atomic mass is 35.5. The van der Waals surface area contributed by atoms with Gasteiger partial charge in [-0.05, 0) is 56.8 Å². The molecule has 0 bridgehead atoms. The zero-order valence-electron chi connectivity index (χ0n) is 11.3. The number of halogens is 1. The number of hydrogen-bond acceptors (Lipinski definition) is 2. The van der Waals surface area contributed by atoms with E-state index in [1.165, 1.54) is 24.8 Å². The van der Waals surface area contributed by atoms with Crippen LogP contribution in [0.25, 0.3) is 0 Å². The van der Waals surface area contributed by atoms with Crippen LogP contribution < -0.4 is 5.73 Å². The lowest BCUT2D eigenvalue weighted by Crippen LogP contribution is -2.28. The molecule has 2 nitrogen and oxygen atoms in total. The molecule has 18 heavy (non-hydrogen) atoms. The Hall–Kier alpha value is -0.570. The molecule has 0 spiro atoms. The summed E-state index contributed by atoms with van der Waals surface area (Å²) < 4.78 is 0. The van der Waals surface area contributed by atoms with Crippen LogP contribution in [0.15, 0.2) is 24.3 Å². The SMILES string of the molecule is CC(c1ccc(Cl)cc1)N(C)CC1CCC(N)C1. The van der Waals surface area contributed by atoms with Gasteiger partial charge >= 0.3 is 0 Å². The van der Waals surface area contributed by atoms with Crippen LogP contribution in [0.3, 0.4) is 0 Å². The fraction of sp³-hybridized carbons (Fsp3) is 0.600. The minimum atomic E-state index is 0.425. The molecule has 1 saturated carbocycles. The maximum Gasteiger partial charge on any atom is 0.0406 e. The quantitative estimate of drug-likeness (QED) is 0.904. The van der Waals surface area contributed by atoms with Gasteiger partial charge in [0.15, 0.2) is 0 Å². The van der Waals surface area contributed by atoms with Gasteiger partial charge in [-0.2, -0.15) is 0 Å². The molecule has 100 valence electrons. The highest BCUT2D eigenvalue weighted by Gasteiger charge is 2.24. The topological polar surface area (TPSA) is 29.3 Å². The average Bonchev–Trinajstić information content (AvgIpc) is 2.75. The van der Waals surface area contributed by atoms with E-state index in [1.807, 2.05) is 12.1 Å². The van der Waals surface area contributed by atoms with Gasteiger partial charge in [0.2, 0.25) is 0 Å². The Bertz CT molecular complexity index is 377. The van der Waals surface area contributed by atoms with Gasteiger partial charge in [0, 0.05) is 23.7 Å². The van der Waals surface area contributed by atoms with Crippen LogP contribution >= 0.6 is 11.6 Å². The first kappa shape index (κ1) is 13.9. The molecule has 3 heteroatoms. The van der Waals surface area contributed by atoms with Gasteiger partial charge in [0.25, 0.3) is 0 Å². The van der Waals surface area contributed by atoms with E-state index in [-0.39, 0.29) is 0 Å². The minimum absolute atomic E-state index is 0.425. The Balaban J connectivity index is 1.92. The Kier molecular flexibility index (Phi) is 4.66. The van der Waals surface area contributed by atoms with E-state index in [0.717, 1.165) is 17.5 Å². The van der Waals surface area contributed by atoms with Crippen LogP contribution in [0.5, 0.6) is 0 Å². The van der Waals surface area contributed by atoms with Crippen molar-refractivity contribution in [1.82, 2.24) is 4.90 Å². The molecule has 0 saturated heterocycles. The van der Waals surface area contributed by atoms with E-state index in [9.17, 15) is 0 Å². The van der Waals surface area contributed by atoms with Crippen molar-refractivity contribution in [3.05, 3.63) is 34.9 Å². The normalized spacial score (nSPS) is 25.6. The molecule has 3 unspecified atom stereocenters. The maximum atomic E-state index is 5.97. The van der Waals surface area contributed by atoms with Gasteiger partial charge in [-0.15, -0.1) is 0 Å². The van der Waals surface area contributed by atoms with Crippen molar-refractivity contribution in [3.8, 4) is 0 Å². The van der Waals surface area contributed by atoms with Crippen molar-refractivity contribution in [3.63, 3.8) is 0 Å². The van der Waals surface area contributed by atoms with Crippen LogP contribution in [-0.2, 0) is 0 Å². The number of nitrogens with zero attached hydrogens (tertiary/aromatic N) is 1. The monoisotopic (exact) mass is 266 g/mol. The Morgan fingerprint density at radius 1 is 1.33 bits per heavy atom. The van der Waals surface area contributed by atoms with Crippen LogP contribution in [0.4, 0.5) is 0 Å². The fourth-order valence-corrected chi connectivity index (χ4v) is 2.97. The molecule has 1 aliphatic rings. The summed E-state index contributed by atoms with van der Waals surface area (Å²) in [6.45, 7) is 3.38. The van der Waals surface area contributed by atoms with Crippen LogP contribution in [0.1, 0.15) is 37.8 Å². The lowest BCUT2D eigenvalue weighted by molar-refractivity contribution is 0.220. The smallest absolute Gasteiger partial charge is 0.0406 e. The summed E-state index contributed by atoms with van der Waals surface area (Å²) in [5.74, 6) is 0.764. The molecular formula is C15H23ClN2. The predicted molar refractivity (Wildman–Crippen MR) is 77.8 cm³/mol. The molecule has 1 aromatic carbocycles. The second kappa shape index (κ2) is 6.05. The largest absolute Gasteiger partial charge is 0.328 e. The molecule has 1 aromatic rings. The van der Waals surface area contributed by atoms with Gasteiger partial charge in [0.05, 0.1) is 0 Å². The van der Waals surface area contributed by atoms with E-state index in [1.54, 1.807) is 0 Å². The lowest BCUT2D eigenvalue weighted by atomic mass is 10.0. The minimum Gasteiger partial charge on any atom is -0.328 e. The number of rotatable bonds is 4. The second-order valence-electron chi connectivity index (χ2n) is 5.61. The molecule has 1 aliphatic carbocycles. The first-order valence-corrected chi connectivity index (χ1v) is 7.15. The van der Waals surface area contributed by atoms with Crippen molar-refractivity contribution < 1.29 is 0 Å². The van der Waals surface area contributed by atoms with Gasteiger partial charge in [-0.1, -0.05) is 23.7 Å². The third-order valence-electron chi connectivity index (χ3n) is 4.14. The average molecular weight is 267 g/mol. The Morgan fingerprint density at radius 3 is 2.56 bits per heavy atom. The molecule has 0 amide bonds. The molecule has 1 fully saturated rings. The Morgan fingerprint density at radius 2 is 2.00 bits per heavy atom. The van der Waals surface area contributed by atoms with Crippen molar-refractivity contribution in [1.29, 1.82) is 0 Å². The molecule has 0 radical (unpaired) electrons. The third kappa shape index (κ3) is 3.47. The summed E-state index contributed by atoms with van der Waals surface area (Å²) in [5, 5.41) is 0.801. The molecule has 2 rings (SSSR count). The molecule has 0 aliphatic heterocycles. The molecule has 3 atom stereocenters. The van der Waals surface area contributed by atoms with Crippen molar-refractivity contribution in [2.24, 2.45) is 11.7 Å². The van der Waals surface area contributed by atoms with E-state index in [4.69, 9.17) is 17.3 Å². The Labute approximate surface area is 115 Å². The van der Waals surface area contributed by atoms with Gasteiger partial charge in [-0.25, -0.2) is 0 Å². The van der Waals surface area contributed by atoms with Gasteiger partial charge < -0.3 is 5.73 Å².